The third-order valence-electron chi connectivity index (χ3n) is 4.78. The van der Waals surface area contributed by atoms with Crippen molar-refractivity contribution < 1.29 is 14.3 Å². The van der Waals surface area contributed by atoms with Crippen molar-refractivity contribution in [3.8, 4) is 5.75 Å². The van der Waals surface area contributed by atoms with Crippen LogP contribution < -0.4 is 10.5 Å². The van der Waals surface area contributed by atoms with Gasteiger partial charge in [0.25, 0.3) is 0 Å². The smallest absolute Gasteiger partial charge is 0.308 e. The molecule has 0 unspecified atom stereocenters. The van der Waals surface area contributed by atoms with Gasteiger partial charge >= 0.3 is 5.97 Å². The first-order chi connectivity index (χ1) is 13.9. The van der Waals surface area contributed by atoms with Crippen molar-refractivity contribution in [3.05, 3.63) is 75.8 Å². The molecule has 0 saturated carbocycles. The van der Waals surface area contributed by atoms with Gasteiger partial charge in [-0.05, 0) is 36.4 Å². The summed E-state index contributed by atoms with van der Waals surface area (Å²) in [5, 5.41) is 2.33. The third-order valence-corrected chi connectivity index (χ3v) is 5.48. The summed E-state index contributed by atoms with van der Waals surface area (Å²) in [6, 6.07) is 16.0. The number of carbonyl (C=O) groups is 2. The molecule has 0 bridgehead atoms. The number of fused-ring (bicyclic) bond motifs is 3. The molecule has 0 spiro atoms. The van der Waals surface area contributed by atoms with Crippen LogP contribution in [-0.2, 0) is 11.3 Å². The molecule has 7 heteroatoms. The SMILES string of the molecule is CC(=O)Oc1cccc2c1c1c(C(N)=O)cccc1n2Cc1c(Cl)cccc1Cl. The molecule has 0 saturated heterocycles. The second-order valence-corrected chi connectivity index (χ2v) is 7.41. The van der Waals surface area contributed by atoms with Gasteiger partial charge in [-0.2, -0.15) is 0 Å². The van der Waals surface area contributed by atoms with Crippen LogP contribution in [0.5, 0.6) is 5.75 Å². The first-order valence-electron chi connectivity index (χ1n) is 8.83. The van der Waals surface area contributed by atoms with Gasteiger partial charge < -0.3 is 15.0 Å². The van der Waals surface area contributed by atoms with Crippen molar-refractivity contribution in [2.45, 2.75) is 13.5 Å². The van der Waals surface area contributed by atoms with Crippen molar-refractivity contribution in [3.63, 3.8) is 0 Å². The van der Waals surface area contributed by atoms with Gasteiger partial charge in [-0.15, -0.1) is 0 Å². The Balaban J connectivity index is 2.10. The summed E-state index contributed by atoms with van der Waals surface area (Å²) < 4.78 is 7.41. The zero-order chi connectivity index (χ0) is 20.7. The number of ether oxygens (including phenoxy) is 1. The quantitative estimate of drug-likeness (QED) is 0.361. The second kappa shape index (κ2) is 7.43. The molecule has 0 aliphatic rings. The maximum Gasteiger partial charge on any atom is 0.308 e. The Morgan fingerprint density at radius 1 is 0.931 bits per heavy atom. The van der Waals surface area contributed by atoms with E-state index >= 15 is 0 Å². The highest BCUT2D eigenvalue weighted by Gasteiger charge is 2.21. The molecule has 5 nitrogen and oxygen atoms in total. The summed E-state index contributed by atoms with van der Waals surface area (Å²) in [6.45, 7) is 1.70. The first kappa shape index (κ1) is 19.3. The van der Waals surface area contributed by atoms with Gasteiger partial charge in [-0.25, -0.2) is 0 Å². The van der Waals surface area contributed by atoms with Gasteiger partial charge in [-0.3, -0.25) is 9.59 Å². The Labute approximate surface area is 176 Å². The summed E-state index contributed by atoms with van der Waals surface area (Å²) in [6.07, 6.45) is 0. The molecule has 2 N–H and O–H groups in total. The maximum absolute atomic E-state index is 12.1. The average Bonchev–Trinajstić information content (AvgIpc) is 2.99. The van der Waals surface area contributed by atoms with Crippen LogP contribution >= 0.6 is 23.2 Å². The van der Waals surface area contributed by atoms with Crippen LogP contribution in [0.4, 0.5) is 0 Å². The fourth-order valence-electron chi connectivity index (χ4n) is 3.61. The average molecular weight is 427 g/mol. The van der Waals surface area contributed by atoms with E-state index in [2.05, 4.69) is 0 Å². The summed E-state index contributed by atoms with van der Waals surface area (Å²) in [5.41, 5.74) is 8.25. The van der Waals surface area contributed by atoms with Crippen LogP contribution in [0.3, 0.4) is 0 Å². The largest absolute Gasteiger partial charge is 0.426 e. The number of carbonyl (C=O) groups excluding carboxylic acids is 2. The lowest BCUT2D eigenvalue weighted by Crippen LogP contribution is -2.11. The molecule has 3 aromatic carbocycles. The van der Waals surface area contributed by atoms with Crippen LogP contribution in [0.2, 0.25) is 10.0 Å². The van der Waals surface area contributed by atoms with E-state index in [9.17, 15) is 9.59 Å². The minimum atomic E-state index is -0.567. The van der Waals surface area contributed by atoms with Crippen LogP contribution in [0, 0.1) is 0 Å². The summed E-state index contributed by atoms with van der Waals surface area (Å²) >= 11 is 12.8. The summed E-state index contributed by atoms with van der Waals surface area (Å²) in [4.78, 5) is 23.8. The van der Waals surface area contributed by atoms with E-state index < -0.39 is 11.9 Å². The van der Waals surface area contributed by atoms with E-state index in [0.717, 1.165) is 16.6 Å². The fraction of sp³-hybridized carbons (Fsp3) is 0.0909. The molecule has 146 valence electrons. The zero-order valence-electron chi connectivity index (χ0n) is 15.4. The van der Waals surface area contributed by atoms with Gasteiger partial charge in [0, 0.05) is 33.5 Å². The van der Waals surface area contributed by atoms with Crippen molar-refractivity contribution in [1.29, 1.82) is 0 Å². The number of halogens is 2. The van der Waals surface area contributed by atoms with Crippen molar-refractivity contribution in [2.24, 2.45) is 5.73 Å². The minimum Gasteiger partial charge on any atom is -0.426 e. The lowest BCUT2D eigenvalue weighted by Gasteiger charge is -2.11. The highest BCUT2D eigenvalue weighted by Crippen LogP contribution is 2.39. The Bertz CT molecular complexity index is 1270. The van der Waals surface area contributed by atoms with E-state index in [4.69, 9.17) is 33.7 Å². The highest BCUT2D eigenvalue weighted by atomic mass is 35.5. The standard InChI is InChI=1S/C22H16Cl2N2O3/c1-12(27)29-19-10-4-9-18-21(19)20-13(22(25)28)5-2-8-17(20)26(18)11-14-15(23)6-3-7-16(14)24/h2-10H,11H2,1H3,(H2,25,28). The summed E-state index contributed by atoms with van der Waals surface area (Å²) in [5.74, 6) is -0.662. The first-order valence-corrected chi connectivity index (χ1v) is 9.59. The van der Waals surface area contributed by atoms with E-state index in [1.54, 1.807) is 42.5 Å². The molecule has 1 amide bonds. The molecule has 4 rings (SSSR count). The van der Waals surface area contributed by atoms with Crippen LogP contribution in [0.25, 0.3) is 21.8 Å². The highest BCUT2D eigenvalue weighted by molar-refractivity contribution is 6.36. The van der Waals surface area contributed by atoms with Gasteiger partial charge in [-0.1, -0.05) is 41.4 Å². The number of primary amides is 1. The molecule has 0 aliphatic heterocycles. The lowest BCUT2D eigenvalue weighted by molar-refractivity contribution is -0.131. The van der Waals surface area contributed by atoms with E-state index in [-0.39, 0.29) is 0 Å². The molecular formula is C22H16Cl2N2O3. The Kier molecular flexibility index (Phi) is 4.94. The predicted octanol–water partition coefficient (Wildman–Crippen LogP) is 5.17. The topological polar surface area (TPSA) is 74.3 Å². The number of nitrogens with zero attached hydrogens (tertiary/aromatic N) is 1. The molecule has 0 aliphatic carbocycles. The number of rotatable bonds is 4. The number of amides is 1. The van der Waals surface area contributed by atoms with E-state index in [0.29, 0.717) is 38.7 Å². The zero-order valence-corrected chi connectivity index (χ0v) is 16.9. The number of nitrogens with two attached hydrogens (primary N) is 1. The molecule has 4 aromatic rings. The second-order valence-electron chi connectivity index (χ2n) is 6.59. The Hall–Kier alpha value is -3.02. The van der Waals surface area contributed by atoms with Gasteiger partial charge in [0.2, 0.25) is 5.91 Å². The molecule has 1 heterocycles. The van der Waals surface area contributed by atoms with Gasteiger partial charge in [0.05, 0.1) is 23.0 Å². The Morgan fingerprint density at radius 2 is 1.52 bits per heavy atom. The molecule has 29 heavy (non-hydrogen) atoms. The number of aromatic nitrogens is 1. The molecular weight excluding hydrogens is 411 g/mol. The fourth-order valence-corrected chi connectivity index (χ4v) is 4.13. The summed E-state index contributed by atoms with van der Waals surface area (Å²) in [7, 11) is 0. The third kappa shape index (κ3) is 3.33. The van der Waals surface area contributed by atoms with Gasteiger partial charge in [0.15, 0.2) is 0 Å². The van der Waals surface area contributed by atoms with E-state index in [1.165, 1.54) is 6.92 Å². The van der Waals surface area contributed by atoms with E-state index in [1.807, 2.05) is 16.7 Å². The van der Waals surface area contributed by atoms with Gasteiger partial charge in [0.1, 0.15) is 5.75 Å². The number of hydrogen-bond donors (Lipinski definition) is 1. The molecule has 0 radical (unpaired) electrons. The predicted molar refractivity (Wildman–Crippen MR) is 115 cm³/mol. The van der Waals surface area contributed by atoms with Crippen molar-refractivity contribution in [1.82, 2.24) is 4.57 Å². The number of hydrogen-bond acceptors (Lipinski definition) is 3. The van der Waals surface area contributed by atoms with Crippen molar-refractivity contribution >= 4 is 56.9 Å². The molecule has 1 aromatic heterocycles. The minimum absolute atomic E-state index is 0.344. The lowest BCUT2D eigenvalue weighted by atomic mass is 10.1. The molecule has 0 fully saturated rings. The number of esters is 1. The maximum atomic E-state index is 12.1. The van der Waals surface area contributed by atoms with Crippen LogP contribution in [0.1, 0.15) is 22.8 Å². The Morgan fingerprint density at radius 3 is 2.14 bits per heavy atom. The van der Waals surface area contributed by atoms with Crippen LogP contribution in [-0.4, -0.2) is 16.4 Å². The van der Waals surface area contributed by atoms with Crippen LogP contribution in [0.15, 0.2) is 54.6 Å². The normalized spacial score (nSPS) is 11.1. The molecule has 0 atom stereocenters. The number of benzene rings is 3. The van der Waals surface area contributed by atoms with Crippen molar-refractivity contribution in [2.75, 3.05) is 0 Å². The monoisotopic (exact) mass is 426 g/mol.